The molecule has 2 fully saturated rings. The molecule has 2 amide bonds. The van der Waals surface area contributed by atoms with Crippen molar-refractivity contribution in [1.29, 1.82) is 0 Å². The topological polar surface area (TPSA) is 49.9 Å². The van der Waals surface area contributed by atoms with Gasteiger partial charge in [0, 0.05) is 25.2 Å². The summed E-state index contributed by atoms with van der Waals surface area (Å²) in [4.78, 5) is 29.7. The van der Waals surface area contributed by atoms with Crippen LogP contribution < -0.4 is 0 Å². The number of fused-ring (bicyclic) bond motifs is 1. The highest BCUT2D eigenvalue weighted by molar-refractivity contribution is 6.02. The van der Waals surface area contributed by atoms with Crippen molar-refractivity contribution in [2.45, 2.75) is 44.7 Å². The van der Waals surface area contributed by atoms with Crippen LogP contribution in [0.4, 0.5) is 0 Å². The first kappa shape index (κ1) is 17.3. The van der Waals surface area contributed by atoms with Crippen LogP contribution in [0.25, 0.3) is 0 Å². The molecule has 4 rings (SSSR count). The average molecular weight is 354 g/mol. The number of rotatable bonds is 4. The minimum Gasteiger partial charge on any atom is -0.378 e. The van der Waals surface area contributed by atoms with Crippen LogP contribution in [0, 0.1) is 0 Å². The van der Waals surface area contributed by atoms with Crippen molar-refractivity contribution in [2.75, 3.05) is 26.3 Å². The Morgan fingerprint density at radius 2 is 1.88 bits per heavy atom. The van der Waals surface area contributed by atoms with Gasteiger partial charge in [-0.15, -0.1) is 0 Å². The van der Waals surface area contributed by atoms with Crippen LogP contribution in [-0.4, -0.2) is 54.0 Å². The van der Waals surface area contributed by atoms with Crippen LogP contribution >= 0.6 is 0 Å². The Bertz CT molecular complexity index is 707. The molecule has 1 saturated carbocycles. The molecule has 1 aromatic carbocycles. The number of carbonyl (C=O) groups is 2. The molecular weight excluding hydrogens is 328 g/mol. The number of benzene rings is 1. The second-order valence-electron chi connectivity index (χ2n) is 7.35. The SMILES string of the molecule is O=C(CC1=C2CCCCC2N(Cc2ccccc2)C1=O)N1CCOCC1. The fourth-order valence-electron chi connectivity index (χ4n) is 4.37. The Morgan fingerprint density at radius 3 is 2.65 bits per heavy atom. The Labute approximate surface area is 154 Å². The summed E-state index contributed by atoms with van der Waals surface area (Å²) < 4.78 is 5.33. The monoisotopic (exact) mass is 354 g/mol. The molecular formula is C21H26N2O3. The van der Waals surface area contributed by atoms with E-state index in [9.17, 15) is 9.59 Å². The van der Waals surface area contributed by atoms with E-state index in [1.165, 1.54) is 5.57 Å². The molecule has 1 aromatic rings. The van der Waals surface area contributed by atoms with Crippen LogP contribution in [0.5, 0.6) is 0 Å². The zero-order chi connectivity index (χ0) is 17.9. The van der Waals surface area contributed by atoms with Gasteiger partial charge in [-0.1, -0.05) is 36.8 Å². The standard InChI is InChI=1S/C21H26N2O3/c24-20(22-10-12-26-13-11-22)14-18-17-8-4-5-9-19(17)23(21(18)25)15-16-6-2-1-3-7-16/h1-3,6-7,19H,4-5,8-15H2. The second-order valence-corrected chi connectivity index (χ2v) is 7.35. The zero-order valence-corrected chi connectivity index (χ0v) is 15.2. The number of amides is 2. The molecule has 1 aliphatic carbocycles. The normalized spacial score (nSPS) is 23.4. The lowest BCUT2D eigenvalue weighted by atomic mass is 9.88. The number of morpholine rings is 1. The molecule has 5 nitrogen and oxygen atoms in total. The van der Waals surface area contributed by atoms with Crippen molar-refractivity contribution >= 4 is 11.8 Å². The van der Waals surface area contributed by atoms with Gasteiger partial charge in [-0.05, 0) is 30.4 Å². The smallest absolute Gasteiger partial charge is 0.251 e. The third-order valence-electron chi connectivity index (χ3n) is 5.75. The predicted octanol–water partition coefficient (Wildman–Crippen LogP) is 2.52. The summed E-state index contributed by atoms with van der Waals surface area (Å²) in [5.74, 6) is 0.132. The summed E-state index contributed by atoms with van der Waals surface area (Å²) in [7, 11) is 0. The Balaban J connectivity index is 1.52. The van der Waals surface area contributed by atoms with Crippen molar-refractivity contribution in [3.63, 3.8) is 0 Å². The summed E-state index contributed by atoms with van der Waals surface area (Å²) in [5.41, 5.74) is 3.13. The highest BCUT2D eigenvalue weighted by atomic mass is 16.5. The number of nitrogens with zero attached hydrogens (tertiary/aromatic N) is 2. The van der Waals surface area contributed by atoms with Gasteiger partial charge in [0.25, 0.3) is 5.91 Å². The molecule has 0 N–H and O–H groups in total. The third-order valence-corrected chi connectivity index (χ3v) is 5.75. The van der Waals surface area contributed by atoms with E-state index in [2.05, 4.69) is 12.1 Å². The van der Waals surface area contributed by atoms with E-state index in [0.29, 0.717) is 32.8 Å². The molecule has 3 aliphatic rings. The van der Waals surface area contributed by atoms with E-state index < -0.39 is 0 Å². The molecule has 26 heavy (non-hydrogen) atoms. The van der Waals surface area contributed by atoms with Crippen molar-refractivity contribution in [2.24, 2.45) is 0 Å². The van der Waals surface area contributed by atoms with Gasteiger partial charge in [-0.25, -0.2) is 0 Å². The molecule has 2 heterocycles. The summed E-state index contributed by atoms with van der Waals surface area (Å²) in [6.07, 6.45) is 4.48. The highest BCUT2D eigenvalue weighted by Crippen LogP contribution is 2.38. The zero-order valence-electron chi connectivity index (χ0n) is 15.2. The summed E-state index contributed by atoms with van der Waals surface area (Å²) in [6.45, 7) is 3.07. The van der Waals surface area contributed by atoms with Gasteiger partial charge in [0.05, 0.1) is 25.7 Å². The molecule has 1 saturated heterocycles. The van der Waals surface area contributed by atoms with E-state index in [1.54, 1.807) is 0 Å². The molecule has 5 heteroatoms. The first-order valence-electron chi connectivity index (χ1n) is 9.66. The summed E-state index contributed by atoms with van der Waals surface area (Å²) in [5, 5.41) is 0. The van der Waals surface area contributed by atoms with Gasteiger partial charge in [-0.3, -0.25) is 9.59 Å². The lowest BCUT2D eigenvalue weighted by Gasteiger charge is -2.30. The molecule has 0 bridgehead atoms. The van der Waals surface area contributed by atoms with Gasteiger partial charge in [0.1, 0.15) is 0 Å². The van der Waals surface area contributed by atoms with E-state index >= 15 is 0 Å². The van der Waals surface area contributed by atoms with Crippen molar-refractivity contribution in [1.82, 2.24) is 9.80 Å². The lowest BCUT2D eigenvalue weighted by molar-refractivity contribution is -0.136. The first-order chi connectivity index (χ1) is 12.7. The maximum absolute atomic E-state index is 13.2. The Kier molecular flexibility index (Phi) is 5.07. The lowest BCUT2D eigenvalue weighted by Crippen LogP contribution is -2.41. The van der Waals surface area contributed by atoms with Gasteiger partial charge in [0.2, 0.25) is 5.91 Å². The predicted molar refractivity (Wildman–Crippen MR) is 98.3 cm³/mol. The van der Waals surface area contributed by atoms with E-state index in [-0.39, 0.29) is 24.3 Å². The van der Waals surface area contributed by atoms with Gasteiger partial charge >= 0.3 is 0 Å². The summed E-state index contributed by atoms with van der Waals surface area (Å²) in [6, 6.07) is 10.3. The molecule has 1 atom stereocenters. The van der Waals surface area contributed by atoms with Crippen LogP contribution in [0.1, 0.15) is 37.7 Å². The van der Waals surface area contributed by atoms with Crippen molar-refractivity contribution in [3.8, 4) is 0 Å². The van der Waals surface area contributed by atoms with Gasteiger partial charge < -0.3 is 14.5 Å². The van der Waals surface area contributed by atoms with Crippen LogP contribution in [-0.2, 0) is 20.9 Å². The number of ether oxygens (including phenoxy) is 1. The summed E-state index contributed by atoms with van der Waals surface area (Å²) >= 11 is 0. The molecule has 0 radical (unpaired) electrons. The number of hydrogen-bond donors (Lipinski definition) is 0. The molecule has 2 aliphatic heterocycles. The highest BCUT2D eigenvalue weighted by Gasteiger charge is 2.40. The number of carbonyl (C=O) groups excluding carboxylic acids is 2. The fraction of sp³-hybridized carbons (Fsp3) is 0.524. The molecule has 1 unspecified atom stereocenters. The second kappa shape index (κ2) is 7.62. The average Bonchev–Trinajstić information content (AvgIpc) is 2.95. The van der Waals surface area contributed by atoms with Crippen LogP contribution in [0.3, 0.4) is 0 Å². The number of hydrogen-bond acceptors (Lipinski definition) is 3. The Morgan fingerprint density at radius 1 is 1.12 bits per heavy atom. The third kappa shape index (κ3) is 3.40. The molecule has 138 valence electrons. The van der Waals surface area contributed by atoms with E-state index in [1.807, 2.05) is 28.0 Å². The maximum atomic E-state index is 13.2. The van der Waals surface area contributed by atoms with E-state index in [4.69, 9.17) is 4.74 Å². The van der Waals surface area contributed by atoms with Gasteiger partial charge in [-0.2, -0.15) is 0 Å². The van der Waals surface area contributed by atoms with Crippen molar-refractivity contribution < 1.29 is 14.3 Å². The van der Waals surface area contributed by atoms with Gasteiger partial charge in [0.15, 0.2) is 0 Å². The van der Waals surface area contributed by atoms with Crippen molar-refractivity contribution in [3.05, 3.63) is 47.0 Å². The van der Waals surface area contributed by atoms with Crippen LogP contribution in [0.2, 0.25) is 0 Å². The molecule has 0 aromatic heterocycles. The maximum Gasteiger partial charge on any atom is 0.251 e. The quantitative estimate of drug-likeness (QED) is 0.835. The minimum atomic E-state index is 0.0648. The minimum absolute atomic E-state index is 0.0648. The molecule has 0 spiro atoms. The Hall–Kier alpha value is -2.14. The van der Waals surface area contributed by atoms with E-state index in [0.717, 1.165) is 36.8 Å². The largest absolute Gasteiger partial charge is 0.378 e. The fourth-order valence-corrected chi connectivity index (χ4v) is 4.37. The van der Waals surface area contributed by atoms with Crippen LogP contribution in [0.15, 0.2) is 41.5 Å². The first-order valence-corrected chi connectivity index (χ1v) is 9.66.